The number of fused-ring (bicyclic) bond motifs is 2. The fourth-order valence-electron chi connectivity index (χ4n) is 8.51. The second-order valence-corrected chi connectivity index (χ2v) is 16.1. The molecule has 4 heterocycles. The van der Waals surface area contributed by atoms with Crippen LogP contribution >= 0.6 is 0 Å². The molecular weight excluding hydrogens is 715 g/mol. The molecule has 10 nitrogen and oxygen atoms in total. The van der Waals surface area contributed by atoms with Crippen LogP contribution in [-0.4, -0.2) is 101 Å². The number of aromatic nitrogens is 1. The Morgan fingerprint density at radius 3 is 2.21 bits per heavy atom. The number of hydrogen-bond donors (Lipinski definition) is 0. The first-order chi connectivity index (χ1) is 27.6. The summed E-state index contributed by atoms with van der Waals surface area (Å²) in [5.74, 6) is 0.508. The second kappa shape index (κ2) is 18.1. The van der Waals surface area contributed by atoms with Crippen LogP contribution in [0.1, 0.15) is 93.8 Å². The Hall–Kier alpha value is -4.93. The van der Waals surface area contributed by atoms with Gasteiger partial charge in [-0.3, -0.25) is 14.5 Å². The molecule has 0 saturated carbocycles. The lowest BCUT2D eigenvalue weighted by Gasteiger charge is -2.41. The van der Waals surface area contributed by atoms with Crippen molar-refractivity contribution >= 4 is 17.9 Å². The minimum Gasteiger partial charge on any atom is -0.410 e. The number of ether oxygens (including phenoxy) is 2. The van der Waals surface area contributed by atoms with E-state index in [-0.39, 0.29) is 17.9 Å². The number of carbonyl (C=O) groups is 3. The van der Waals surface area contributed by atoms with Crippen LogP contribution in [0, 0.1) is 13.8 Å². The molecule has 0 spiro atoms. The second-order valence-electron chi connectivity index (χ2n) is 16.1. The minimum absolute atomic E-state index is 0.0339. The SMILES string of the molecule is CCCCN(CCCC)C(=O)c1cc(-c2cc3c(cc2C(=O)N2Cc4ccccc4C[C@H]2CN2CCOCC2)CN(C(=O)Oc2ccc(C)cc2)CC3)n(C)c1C. The number of nitrogens with zero attached hydrogens (tertiary/aromatic N) is 5. The number of hydrogen-bond acceptors (Lipinski definition) is 6. The number of aryl methyl sites for hydroxylation is 1. The molecule has 10 heteroatoms. The molecule has 1 saturated heterocycles. The van der Waals surface area contributed by atoms with E-state index in [1.165, 1.54) is 5.56 Å². The van der Waals surface area contributed by atoms with Gasteiger partial charge in [0.15, 0.2) is 0 Å². The van der Waals surface area contributed by atoms with Crippen molar-refractivity contribution in [1.82, 2.24) is 24.2 Å². The number of amides is 3. The smallest absolute Gasteiger partial charge is 0.410 e. The number of morpholine rings is 1. The molecule has 7 rings (SSSR count). The molecule has 0 unspecified atom stereocenters. The number of rotatable bonds is 12. The van der Waals surface area contributed by atoms with E-state index in [0.717, 1.165) is 104 Å². The predicted molar refractivity (Wildman–Crippen MR) is 224 cm³/mol. The third kappa shape index (κ3) is 8.97. The summed E-state index contributed by atoms with van der Waals surface area (Å²) in [6, 6.07) is 22.1. The van der Waals surface area contributed by atoms with Gasteiger partial charge in [0, 0.05) is 88.0 Å². The summed E-state index contributed by atoms with van der Waals surface area (Å²) in [5, 5.41) is 0. The highest BCUT2D eigenvalue weighted by molar-refractivity contribution is 6.03. The number of benzene rings is 3. The van der Waals surface area contributed by atoms with Gasteiger partial charge in [0.2, 0.25) is 0 Å². The van der Waals surface area contributed by atoms with Crippen LogP contribution in [0.3, 0.4) is 0 Å². The summed E-state index contributed by atoms with van der Waals surface area (Å²) in [5.41, 5.74) is 9.37. The first-order valence-electron chi connectivity index (χ1n) is 21.0. The van der Waals surface area contributed by atoms with Crippen LogP contribution in [0.4, 0.5) is 4.79 Å². The Balaban J connectivity index is 1.28. The normalized spacial score (nSPS) is 16.9. The van der Waals surface area contributed by atoms with Crippen LogP contribution in [0.5, 0.6) is 5.75 Å². The molecule has 3 amide bonds. The maximum absolute atomic E-state index is 15.4. The van der Waals surface area contributed by atoms with Crippen molar-refractivity contribution in [3.63, 3.8) is 0 Å². The summed E-state index contributed by atoms with van der Waals surface area (Å²) in [4.78, 5) is 51.3. The fraction of sp³-hybridized carbons (Fsp3) is 0.468. The Kier molecular flexibility index (Phi) is 12.8. The molecule has 1 atom stereocenters. The van der Waals surface area contributed by atoms with E-state index >= 15 is 4.79 Å². The van der Waals surface area contributed by atoms with Crippen LogP contribution in [0.25, 0.3) is 11.3 Å². The molecule has 0 aliphatic carbocycles. The van der Waals surface area contributed by atoms with Gasteiger partial charge >= 0.3 is 6.09 Å². The molecule has 1 aromatic heterocycles. The van der Waals surface area contributed by atoms with E-state index in [4.69, 9.17) is 9.47 Å². The van der Waals surface area contributed by atoms with E-state index in [1.54, 1.807) is 4.90 Å². The summed E-state index contributed by atoms with van der Waals surface area (Å²) >= 11 is 0. The van der Waals surface area contributed by atoms with Gasteiger partial charge in [-0.2, -0.15) is 0 Å². The molecule has 0 N–H and O–H groups in total. The highest BCUT2D eigenvalue weighted by Gasteiger charge is 2.35. The lowest BCUT2D eigenvalue weighted by atomic mass is 9.89. The maximum Gasteiger partial charge on any atom is 0.415 e. The van der Waals surface area contributed by atoms with Crippen molar-refractivity contribution < 1.29 is 23.9 Å². The first-order valence-corrected chi connectivity index (χ1v) is 21.0. The van der Waals surface area contributed by atoms with Crippen LogP contribution in [-0.2, 0) is 37.7 Å². The molecule has 1 fully saturated rings. The number of carbonyl (C=O) groups excluding carboxylic acids is 3. The average Bonchev–Trinajstić information content (AvgIpc) is 3.53. The zero-order valence-electron chi connectivity index (χ0n) is 34.5. The lowest BCUT2D eigenvalue weighted by Crippen LogP contribution is -2.52. The Morgan fingerprint density at radius 2 is 1.51 bits per heavy atom. The van der Waals surface area contributed by atoms with Crippen molar-refractivity contribution in [3.8, 4) is 17.0 Å². The van der Waals surface area contributed by atoms with E-state index in [1.807, 2.05) is 68.3 Å². The summed E-state index contributed by atoms with van der Waals surface area (Å²) in [7, 11) is 2.00. The van der Waals surface area contributed by atoms with E-state index < -0.39 is 6.09 Å². The van der Waals surface area contributed by atoms with Gasteiger partial charge in [-0.05, 0) is 92.1 Å². The van der Waals surface area contributed by atoms with Crippen LogP contribution < -0.4 is 4.74 Å². The quantitative estimate of drug-likeness (QED) is 0.146. The fourth-order valence-corrected chi connectivity index (χ4v) is 8.51. The van der Waals surface area contributed by atoms with E-state index in [0.29, 0.717) is 56.1 Å². The largest absolute Gasteiger partial charge is 0.415 e. The Labute approximate surface area is 338 Å². The lowest BCUT2D eigenvalue weighted by molar-refractivity contribution is 0.0193. The van der Waals surface area contributed by atoms with Gasteiger partial charge in [-0.25, -0.2) is 4.79 Å². The zero-order valence-corrected chi connectivity index (χ0v) is 34.5. The van der Waals surface area contributed by atoms with Crippen molar-refractivity contribution in [2.45, 2.75) is 85.4 Å². The van der Waals surface area contributed by atoms with Gasteiger partial charge in [-0.15, -0.1) is 0 Å². The molecule has 4 aromatic rings. The van der Waals surface area contributed by atoms with E-state index in [9.17, 15) is 9.59 Å². The van der Waals surface area contributed by atoms with Crippen molar-refractivity contribution in [2.75, 3.05) is 52.5 Å². The maximum atomic E-state index is 15.4. The molecule has 3 aromatic carbocycles. The van der Waals surface area contributed by atoms with Crippen LogP contribution in [0.2, 0.25) is 0 Å². The molecular formula is C47H59N5O5. The van der Waals surface area contributed by atoms with E-state index in [2.05, 4.69) is 52.5 Å². The highest BCUT2D eigenvalue weighted by atomic mass is 16.6. The monoisotopic (exact) mass is 773 g/mol. The third-order valence-electron chi connectivity index (χ3n) is 12.1. The molecule has 0 radical (unpaired) electrons. The standard InChI is InChI=1S/C47H59N5O5/c1-6-8-19-50(20-9-7-2)45(53)41-29-44(48(5)34(41)4)42-27-36-18-21-51(47(55)57-40-16-14-33(3)15-17-40)30-38(36)28-43(42)46(54)52-31-37-13-11-10-12-35(37)26-39(52)32-49-22-24-56-25-23-49/h10-17,27-29,39H,6-9,18-26,30-32H2,1-5H3/t39-/m0/s1. The first kappa shape index (κ1) is 40.3. The third-order valence-corrected chi connectivity index (χ3v) is 12.1. The van der Waals surface area contributed by atoms with Gasteiger partial charge in [0.25, 0.3) is 11.8 Å². The van der Waals surface area contributed by atoms with Crippen molar-refractivity contribution in [1.29, 1.82) is 0 Å². The number of unbranched alkanes of at least 4 members (excludes halogenated alkanes) is 2. The van der Waals surface area contributed by atoms with Crippen LogP contribution in [0.15, 0.2) is 66.7 Å². The molecule has 57 heavy (non-hydrogen) atoms. The van der Waals surface area contributed by atoms with Crippen molar-refractivity contribution in [3.05, 3.63) is 111 Å². The minimum atomic E-state index is -0.406. The Morgan fingerprint density at radius 1 is 0.807 bits per heavy atom. The Bertz CT molecular complexity index is 2060. The topological polar surface area (TPSA) is 87.6 Å². The molecule has 3 aliphatic heterocycles. The van der Waals surface area contributed by atoms with Gasteiger partial charge in [0.05, 0.1) is 18.8 Å². The highest BCUT2D eigenvalue weighted by Crippen LogP contribution is 2.36. The summed E-state index contributed by atoms with van der Waals surface area (Å²) < 4.78 is 13.5. The van der Waals surface area contributed by atoms with Gasteiger partial charge in [-0.1, -0.05) is 68.7 Å². The van der Waals surface area contributed by atoms with Crippen molar-refractivity contribution in [2.24, 2.45) is 7.05 Å². The zero-order chi connectivity index (χ0) is 40.1. The van der Waals surface area contributed by atoms with Gasteiger partial charge < -0.3 is 28.7 Å². The molecule has 3 aliphatic rings. The van der Waals surface area contributed by atoms with Gasteiger partial charge in [0.1, 0.15) is 5.75 Å². The summed E-state index contributed by atoms with van der Waals surface area (Å²) in [6.45, 7) is 14.9. The summed E-state index contributed by atoms with van der Waals surface area (Å²) in [6.07, 6.45) is 4.93. The average molecular weight is 774 g/mol. The predicted octanol–water partition coefficient (Wildman–Crippen LogP) is 7.81. The molecule has 302 valence electrons. The molecule has 0 bridgehead atoms.